The second kappa shape index (κ2) is 2.92. The summed E-state index contributed by atoms with van der Waals surface area (Å²) in [6, 6.07) is 0. The fourth-order valence-electron chi connectivity index (χ4n) is 1.74. The molecule has 2 aromatic rings. The molecule has 0 spiro atoms. The van der Waals surface area contributed by atoms with E-state index in [9.17, 15) is 0 Å². The van der Waals surface area contributed by atoms with E-state index in [1.54, 1.807) is 6.33 Å². The highest BCUT2D eigenvalue weighted by Crippen LogP contribution is 2.38. The zero-order valence-corrected chi connectivity index (χ0v) is 8.64. The van der Waals surface area contributed by atoms with Crippen molar-refractivity contribution in [3.05, 3.63) is 12.2 Å². The van der Waals surface area contributed by atoms with Crippen molar-refractivity contribution >= 4 is 17.0 Å². The maximum absolute atomic E-state index is 5.86. The van der Waals surface area contributed by atoms with Crippen LogP contribution >= 0.6 is 0 Å². The van der Waals surface area contributed by atoms with Gasteiger partial charge in [-0.2, -0.15) is 0 Å². The summed E-state index contributed by atoms with van der Waals surface area (Å²) in [5.74, 6) is 1.92. The van der Waals surface area contributed by atoms with E-state index < -0.39 is 0 Å². The van der Waals surface area contributed by atoms with Gasteiger partial charge in [-0.15, -0.1) is 0 Å². The molecule has 15 heavy (non-hydrogen) atoms. The van der Waals surface area contributed by atoms with Crippen molar-refractivity contribution in [1.82, 2.24) is 19.5 Å². The first kappa shape index (κ1) is 8.64. The van der Waals surface area contributed by atoms with E-state index in [2.05, 4.69) is 21.9 Å². The Morgan fingerprint density at radius 1 is 1.47 bits per heavy atom. The van der Waals surface area contributed by atoms with Crippen LogP contribution in [0.4, 0.5) is 5.82 Å². The second-order valence-corrected chi connectivity index (χ2v) is 3.94. The smallest absolute Gasteiger partial charge is 0.165 e. The number of nitrogens with two attached hydrogens (primary N) is 1. The Hall–Kier alpha value is -1.65. The SMILES string of the molecule is CCn1cnc2c(N)nc(C3CC3)nc21. The second-order valence-electron chi connectivity index (χ2n) is 3.94. The Kier molecular flexibility index (Phi) is 1.68. The minimum Gasteiger partial charge on any atom is -0.382 e. The van der Waals surface area contributed by atoms with Gasteiger partial charge in [-0.05, 0) is 19.8 Å². The van der Waals surface area contributed by atoms with Crippen molar-refractivity contribution in [3.8, 4) is 0 Å². The number of hydrogen-bond donors (Lipinski definition) is 1. The van der Waals surface area contributed by atoms with Gasteiger partial charge >= 0.3 is 0 Å². The van der Waals surface area contributed by atoms with Gasteiger partial charge in [0.1, 0.15) is 11.3 Å². The molecule has 1 fully saturated rings. The molecule has 1 aliphatic carbocycles. The average Bonchev–Trinajstić information content (AvgIpc) is 2.99. The number of nitrogens with zero attached hydrogens (tertiary/aromatic N) is 4. The Morgan fingerprint density at radius 3 is 2.93 bits per heavy atom. The van der Waals surface area contributed by atoms with Gasteiger partial charge in [0, 0.05) is 12.5 Å². The van der Waals surface area contributed by atoms with E-state index in [-0.39, 0.29) is 0 Å². The van der Waals surface area contributed by atoms with Crippen LogP contribution in [-0.2, 0) is 6.54 Å². The topological polar surface area (TPSA) is 69.6 Å². The summed E-state index contributed by atoms with van der Waals surface area (Å²) in [6.07, 6.45) is 4.14. The normalized spacial score (nSPS) is 16.1. The molecule has 0 radical (unpaired) electrons. The standard InChI is InChI=1S/C10H13N5/c1-2-15-5-12-7-8(11)13-9(6-3-4-6)14-10(7)15/h5-6H,2-4H2,1H3,(H2,11,13,14). The lowest BCUT2D eigenvalue weighted by atomic mass is 10.3. The maximum atomic E-state index is 5.86. The minimum atomic E-state index is 0.508. The Balaban J connectivity index is 2.25. The van der Waals surface area contributed by atoms with Gasteiger partial charge in [-0.25, -0.2) is 15.0 Å². The number of imidazole rings is 1. The van der Waals surface area contributed by atoms with E-state index >= 15 is 0 Å². The van der Waals surface area contributed by atoms with Crippen molar-refractivity contribution in [2.24, 2.45) is 0 Å². The van der Waals surface area contributed by atoms with E-state index in [0.29, 0.717) is 11.7 Å². The number of aryl methyl sites for hydroxylation is 1. The van der Waals surface area contributed by atoms with Crippen LogP contribution in [0.15, 0.2) is 6.33 Å². The van der Waals surface area contributed by atoms with Crippen molar-refractivity contribution in [2.45, 2.75) is 32.2 Å². The molecule has 2 aromatic heterocycles. The number of aromatic nitrogens is 4. The summed E-state index contributed by atoms with van der Waals surface area (Å²) < 4.78 is 2.00. The van der Waals surface area contributed by atoms with Crippen LogP contribution in [0, 0.1) is 0 Å². The molecule has 0 atom stereocenters. The molecule has 2 N–H and O–H groups in total. The molecule has 78 valence electrons. The Morgan fingerprint density at radius 2 is 2.27 bits per heavy atom. The molecule has 1 saturated carbocycles. The highest BCUT2D eigenvalue weighted by atomic mass is 15.1. The molecule has 1 aliphatic rings. The summed E-state index contributed by atoms with van der Waals surface area (Å²) in [7, 11) is 0. The molecular formula is C10H13N5. The first-order valence-corrected chi connectivity index (χ1v) is 5.28. The number of hydrogen-bond acceptors (Lipinski definition) is 4. The number of anilines is 1. The van der Waals surface area contributed by atoms with Gasteiger partial charge < -0.3 is 10.3 Å². The van der Waals surface area contributed by atoms with Gasteiger partial charge in [-0.3, -0.25) is 0 Å². The van der Waals surface area contributed by atoms with E-state index in [1.807, 2.05) is 4.57 Å². The summed E-state index contributed by atoms with van der Waals surface area (Å²) in [5, 5.41) is 0. The summed E-state index contributed by atoms with van der Waals surface area (Å²) in [4.78, 5) is 13.1. The quantitative estimate of drug-likeness (QED) is 0.798. The molecular weight excluding hydrogens is 190 g/mol. The van der Waals surface area contributed by atoms with Gasteiger partial charge in [0.15, 0.2) is 11.5 Å². The zero-order chi connectivity index (χ0) is 10.4. The van der Waals surface area contributed by atoms with Crippen LogP contribution < -0.4 is 5.73 Å². The van der Waals surface area contributed by atoms with Gasteiger partial charge in [-0.1, -0.05) is 0 Å². The fourth-order valence-corrected chi connectivity index (χ4v) is 1.74. The van der Waals surface area contributed by atoms with E-state index in [0.717, 1.165) is 23.5 Å². The maximum Gasteiger partial charge on any atom is 0.165 e. The largest absolute Gasteiger partial charge is 0.382 e. The summed E-state index contributed by atoms with van der Waals surface area (Å²) in [6.45, 7) is 2.92. The van der Waals surface area contributed by atoms with Gasteiger partial charge in [0.2, 0.25) is 0 Å². The third kappa shape index (κ3) is 1.26. The number of rotatable bonds is 2. The van der Waals surface area contributed by atoms with Crippen molar-refractivity contribution < 1.29 is 0 Å². The summed E-state index contributed by atoms with van der Waals surface area (Å²) in [5.41, 5.74) is 7.45. The lowest BCUT2D eigenvalue weighted by Crippen LogP contribution is -2.02. The molecule has 0 saturated heterocycles. The van der Waals surface area contributed by atoms with Crippen molar-refractivity contribution in [2.75, 3.05) is 5.73 Å². The van der Waals surface area contributed by atoms with Crippen LogP contribution in [0.3, 0.4) is 0 Å². The minimum absolute atomic E-state index is 0.508. The molecule has 3 rings (SSSR count). The number of fused-ring (bicyclic) bond motifs is 1. The monoisotopic (exact) mass is 203 g/mol. The first-order chi connectivity index (χ1) is 7.29. The molecule has 0 amide bonds. The third-order valence-electron chi connectivity index (χ3n) is 2.79. The highest BCUT2D eigenvalue weighted by Gasteiger charge is 2.27. The van der Waals surface area contributed by atoms with Crippen LogP contribution in [0.1, 0.15) is 31.5 Å². The van der Waals surface area contributed by atoms with Gasteiger partial charge in [0.25, 0.3) is 0 Å². The third-order valence-corrected chi connectivity index (χ3v) is 2.79. The Labute approximate surface area is 87.3 Å². The lowest BCUT2D eigenvalue weighted by Gasteiger charge is -2.02. The molecule has 0 unspecified atom stereocenters. The molecule has 0 bridgehead atoms. The number of nitrogen functional groups attached to an aromatic ring is 1. The van der Waals surface area contributed by atoms with Crippen LogP contribution in [0.2, 0.25) is 0 Å². The van der Waals surface area contributed by atoms with E-state index in [1.165, 1.54) is 12.8 Å². The van der Waals surface area contributed by atoms with Crippen LogP contribution in [0.5, 0.6) is 0 Å². The lowest BCUT2D eigenvalue weighted by molar-refractivity contribution is 0.772. The first-order valence-electron chi connectivity index (χ1n) is 5.28. The predicted molar refractivity (Wildman–Crippen MR) is 57.4 cm³/mol. The Bertz CT molecular complexity index is 512. The van der Waals surface area contributed by atoms with Gasteiger partial charge in [0.05, 0.1) is 6.33 Å². The highest BCUT2D eigenvalue weighted by molar-refractivity contribution is 5.81. The van der Waals surface area contributed by atoms with Crippen LogP contribution in [0.25, 0.3) is 11.2 Å². The van der Waals surface area contributed by atoms with E-state index in [4.69, 9.17) is 5.73 Å². The van der Waals surface area contributed by atoms with Crippen molar-refractivity contribution in [1.29, 1.82) is 0 Å². The van der Waals surface area contributed by atoms with Crippen molar-refractivity contribution in [3.63, 3.8) is 0 Å². The molecule has 5 heteroatoms. The summed E-state index contributed by atoms with van der Waals surface area (Å²) >= 11 is 0. The molecule has 5 nitrogen and oxygen atoms in total. The average molecular weight is 203 g/mol. The molecule has 0 aromatic carbocycles. The molecule has 0 aliphatic heterocycles. The predicted octanol–water partition coefficient (Wildman–Crippen LogP) is 1.31. The molecule has 2 heterocycles. The van der Waals surface area contributed by atoms with Crippen LogP contribution in [-0.4, -0.2) is 19.5 Å². The fraction of sp³-hybridized carbons (Fsp3) is 0.500. The zero-order valence-electron chi connectivity index (χ0n) is 8.64.